The van der Waals surface area contributed by atoms with Crippen molar-refractivity contribution in [1.29, 1.82) is 0 Å². The molecule has 4 heteroatoms. The van der Waals surface area contributed by atoms with Crippen molar-refractivity contribution in [1.82, 2.24) is 15.1 Å². The summed E-state index contributed by atoms with van der Waals surface area (Å²) in [5, 5.41) is 7.87. The van der Waals surface area contributed by atoms with Gasteiger partial charge < -0.3 is 10.1 Å². The number of ether oxygens (including phenoxy) is 1. The monoisotopic (exact) mass is 277 g/mol. The fourth-order valence-electron chi connectivity index (χ4n) is 3.66. The molecule has 1 saturated heterocycles. The van der Waals surface area contributed by atoms with Crippen LogP contribution in [0.5, 0.6) is 0 Å². The molecule has 2 atom stereocenters. The summed E-state index contributed by atoms with van der Waals surface area (Å²) in [6.07, 6.45) is 10.9. The molecule has 1 aromatic heterocycles. The van der Waals surface area contributed by atoms with Gasteiger partial charge in [0.1, 0.15) is 0 Å². The van der Waals surface area contributed by atoms with Gasteiger partial charge in [-0.1, -0.05) is 6.92 Å². The van der Waals surface area contributed by atoms with Crippen molar-refractivity contribution < 1.29 is 4.74 Å². The fourth-order valence-corrected chi connectivity index (χ4v) is 3.66. The summed E-state index contributed by atoms with van der Waals surface area (Å²) in [7, 11) is 1.99. The average Bonchev–Trinajstić information content (AvgIpc) is 3.07. The first-order valence-corrected chi connectivity index (χ1v) is 8.03. The lowest BCUT2D eigenvalue weighted by molar-refractivity contribution is 0.0269. The van der Waals surface area contributed by atoms with E-state index in [1.54, 1.807) is 0 Å². The predicted molar refractivity (Wildman–Crippen MR) is 79.6 cm³/mol. The number of nitrogens with one attached hydrogen (secondary N) is 1. The van der Waals surface area contributed by atoms with E-state index in [9.17, 15) is 0 Å². The van der Waals surface area contributed by atoms with Gasteiger partial charge >= 0.3 is 0 Å². The first kappa shape index (κ1) is 14.1. The molecule has 1 N–H and O–H groups in total. The van der Waals surface area contributed by atoms with Crippen molar-refractivity contribution in [2.75, 3.05) is 19.7 Å². The van der Waals surface area contributed by atoms with Crippen LogP contribution in [0.1, 0.15) is 38.2 Å². The first-order valence-electron chi connectivity index (χ1n) is 8.03. The second kappa shape index (κ2) is 5.86. The minimum Gasteiger partial charge on any atom is -0.377 e. The molecule has 2 unspecified atom stereocenters. The number of nitrogens with zero attached hydrogens (tertiary/aromatic N) is 2. The van der Waals surface area contributed by atoms with Gasteiger partial charge in [0.2, 0.25) is 0 Å². The third kappa shape index (κ3) is 2.91. The van der Waals surface area contributed by atoms with E-state index in [2.05, 4.69) is 23.5 Å². The van der Waals surface area contributed by atoms with Crippen molar-refractivity contribution in [2.24, 2.45) is 18.4 Å². The van der Waals surface area contributed by atoms with Gasteiger partial charge in [0.05, 0.1) is 12.3 Å². The Morgan fingerprint density at radius 1 is 1.50 bits per heavy atom. The molecule has 0 bridgehead atoms. The minimum absolute atomic E-state index is 0.340. The summed E-state index contributed by atoms with van der Waals surface area (Å²) in [4.78, 5) is 0. The summed E-state index contributed by atoms with van der Waals surface area (Å²) >= 11 is 0. The summed E-state index contributed by atoms with van der Waals surface area (Å²) in [5.41, 5.74) is 1.69. The van der Waals surface area contributed by atoms with Gasteiger partial charge in [0, 0.05) is 31.8 Å². The molecule has 1 aliphatic carbocycles. The van der Waals surface area contributed by atoms with Crippen LogP contribution in [-0.2, 0) is 18.2 Å². The highest BCUT2D eigenvalue weighted by molar-refractivity contribution is 5.07. The fraction of sp³-hybridized carbons (Fsp3) is 0.812. The Balaban J connectivity index is 1.68. The Kier molecular flexibility index (Phi) is 4.13. The molecule has 0 radical (unpaired) electrons. The lowest BCUT2D eigenvalue weighted by atomic mass is 9.74. The zero-order chi connectivity index (χ0) is 14.0. The maximum absolute atomic E-state index is 6.12. The van der Waals surface area contributed by atoms with E-state index in [1.807, 2.05) is 17.9 Å². The molecule has 4 nitrogen and oxygen atoms in total. The molecule has 0 amide bonds. The highest BCUT2D eigenvalue weighted by Crippen LogP contribution is 2.49. The molecule has 2 aliphatic rings. The zero-order valence-corrected chi connectivity index (χ0v) is 12.8. The number of hydrogen-bond acceptors (Lipinski definition) is 3. The standard InChI is InChI=1S/C16H27N3O/c1-3-17-12-16(7-6-13-10-18-19(2)11-13)8-9-20-15(16)14-4-5-14/h10-11,14-15,17H,3-9,12H2,1-2H3. The molecule has 20 heavy (non-hydrogen) atoms. The number of hydrogen-bond donors (Lipinski definition) is 1. The minimum atomic E-state index is 0.340. The highest BCUT2D eigenvalue weighted by Gasteiger charge is 2.50. The Bertz CT molecular complexity index is 441. The maximum atomic E-state index is 6.12. The molecule has 3 rings (SSSR count). The normalized spacial score (nSPS) is 30.0. The lowest BCUT2D eigenvalue weighted by Crippen LogP contribution is -2.42. The third-order valence-electron chi connectivity index (χ3n) is 4.95. The number of aryl methyl sites for hydroxylation is 2. The van der Waals surface area contributed by atoms with Crippen LogP contribution in [0.15, 0.2) is 12.4 Å². The molecule has 2 heterocycles. The van der Waals surface area contributed by atoms with E-state index in [0.717, 1.165) is 32.0 Å². The van der Waals surface area contributed by atoms with E-state index < -0.39 is 0 Å². The Labute approximate surface area is 121 Å². The van der Waals surface area contributed by atoms with Crippen molar-refractivity contribution in [3.8, 4) is 0 Å². The van der Waals surface area contributed by atoms with E-state index in [-0.39, 0.29) is 0 Å². The lowest BCUT2D eigenvalue weighted by Gasteiger charge is -2.34. The summed E-state index contributed by atoms with van der Waals surface area (Å²) in [6.45, 7) is 5.29. The average molecular weight is 277 g/mol. The van der Waals surface area contributed by atoms with Crippen molar-refractivity contribution in [3.63, 3.8) is 0 Å². The van der Waals surface area contributed by atoms with Crippen LogP contribution in [-0.4, -0.2) is 35.6 Å². The molecule has 1 saturated carbocycles. The van der Waals surface area contributed by atoms with Crippen molar-refractivity contribution in [3.05, 3.63) is 18.0 Å². The van der Waals surface area contributed by atoms with Gasteiger partial charge in [-0.25, -0.2) is 0 Å². The Morgan fingerprint density at radius 2 is 2.35 bits per heavy atom. The van der Waals surface area contributed by atoms with Gasteiger partial charge in [-0.05, 0) is 50.1 Å². The molecular weight excluding hydrogens is 250 g/mol. The van der Waals surface area contributed by atoms with Crippen LogP contribution >= 0.6 is 0 Å². The van der Waals surface area contributed by atoms with E-state index in [4.69, 9.17) is 4.74 Å². The SMILES string of the molecule is CCNCC1(CCc2cnn(C)c2)CCOC1C1CC1. The Hall–Kier alpha value is -0.870. The molecule has 1 aromatic rings. The van der Waals surface area contributed by atoms with Crippen LogP contribution in [0.2, 0.25) is 0 Å². The van der Waals surface area contributed by atoms with Gasteiger partial charge in [-0.2, -0.15) is 5.10 Å². The van der Waals surface area contributed by atoms with Gasteiger partial charge in [0.25, 0.3) is 0 Å². The van der Waals surface area contributed by atoms with Gasteiger partial charge in [-0.3, -0.25) is 4.68 Å². The largest absolute Gasteiger partial charge is 0.377 e. The van der Waals surface area contributed by atoms with E-state index in [0.29, 0.717) is 11.5 Å². The highest BCUT2D eigenvalue weighted by atomic mass is 16.5. The number of aromatic nitrogens is 2. The van der Waals surface area contributed by atoms with Crippen molar-refractivity contribution >= 4 is 0 Å². The van der Waals surface area contributed by atoms with Crippen molar-refractivity contribution in [2.45, 2.75) is 45.1 Å². The smallest absolute Gasteiger partial charge is 0.0672 e. The molecule has 0 spiro atoms. The summed E-state index contributed by atoms with van der Waals surface area (Å²) in [6, 6.07) is 0. The molecule has 1 aliphatic heterocycles. The van der Waals surface area contributed by atoms with Gasteiger partial charge in [-0.15, -0.1) is 0 Å². The molecule has 112 valence electrons. The van der Waals surface area contributed by atoms with E-state index in [1.165, 1.54) is 31.2 Å². The molecule has 2 fully saturated rings. The first-order chi connectivity index (χ1) is 9.73. The summed E-state index contributed by atoms with van der Waals surface area (Å²) in [5.74, 6) is 0.824. The second-order valence-electron chi connectivity index (χ2n) is 6.54. The van der Waals surface area contributed by atoms with Crippen LogP contribution in [0, 0.1) is 11.3 Å². The maximum Gasteiger partial charge on any atom is 0.0672 e. The van der Waals surface area contributed by atoms with Crippen LogP contribution in [0.25, 0.3) is 0 Å². The second-order valence-corrected chi connectivity index (χ2v) is 6.54. The quantitative estimate of drug-likeness (QED) is 0.830. The number of rotatable bonds is 7. The topological polar surface area (TPSA) is 39.1 Å². The summed E-state index contributed by atoms with van der Waals surface area (Å²) < 4.78 is 8.02. The van der Waals surface area contributed by atoms with E-state index >= 15 is 0 Å². The predicted octanol–water partition coefficient (Wildman–Crippen LogP) is 2.15. The van der Waals surface area contributed by atoms with Crippen LogP contribution in [0.4, 0.5) is 0 Å². The van der Waals surface area contributed by atoms with Crippen LogP contribution in [0.3, 0.4) is 0 Å². The third-order valence-corrected chi connectivity index (χ3v) is 4.95. The molecular formula is C16H27N3O. The zero-order valence-electron chi connectivity index (χ0n) is 12.8. The molecule has 0 aromatic carbocycles. The van der Waals surface area contributed by atoms with Gasteiger partial charge in [0.15, 0.2) is 0 Å². The van der Waals surface area contributed by atoms with Crippen LogP contribution < -0.4 is 5.32 Å². The Morgan fingerprint density at radius 3 is 3.00 bits per heavy atom.